The lowest BCUT2D eigenvalue weighted by atomic mass is 10.0. The molecule has 0 spiro atoms. The summed E-state index contributed by atoms with van der Waals surface area (Å²) in [5, 5.41) is 20.9. The quantitative estimate of drug-likeness (QED) is 0.818. The van der Waals surface area contributed by atoms with Crippen LogP contribution in [0, 0.1) is 11.3 Å². The average Bonchev–Trinajstić information content (AvgIpc) is 2.53. The summed E-state index contributed by atoms with van der Waals surface area (Å²) in [5.41, 5.74) is 0.947. The Morgan fingerprint density at radius 3 is 3.00 bits per heavy atom. The molecular formula is C15H17N3O3. The number of piperidine rings is 1. The normalized spacial score (nSPS) is 18.0. The zero-order valence-corrected chi connectivity index (χ0v) is 11.6. The van der Waals surface area contributed by atoms with Crippen LogP contribution in [-0.4, -0.2) is 47.6 Å². The number of nitrogens with zero attached hydrogens (tertiary/aromatic N) is 2. The molecule has 1 heterocycles. The molecule has 1 aliphatic heterocycles. The number of carbonyl (C=O) groups excluding carboxylic acids is 1. The maximum atomic E-state index is 12.1. The van der Waals surface area contributed by atoms with Gasteiger partial charge in [0.05, 0.1) is 18.2 Å². The number of carboxylic acid groups (broad SMARTS) is 1. The molecule has 0 radical (unpaired) electrons. The molecule has 0 saturated carbocycles. The van der Waals surface area contributed by atoms with Crippen molar-refractivity contribution in [2.75, 3.05) is 19.6 Å². The summed E-state index contributed by atoms with van der Waals surface area (Å²) in [6, 6.07) is 8.57. The van der Waals surface area contributed by atoms with Crippen molar-refractivity contribution in [1.82, 2.24) is 10.2 Å². The Labute approximate surface area is 123 Å². The van der Waals surface area contributed by atoms with Crippen molar-refractivity contribution in [2.24, 2.45) is 0 Å². The van der Waals surface area contributed by atoms with E-state index in [2.05, 4.69) is 5.32 Å². The highest BCUT2D eigenvalue weighted by Crippen LogP contribution is 2.10. The SMILES string of the molecule is N#Cc1cccc(C(=O)CNC2CCCN(C(=O)O)C2)c1. The van der Waals surface area contributed by atoms with E-state index in [0.29, 0.717) is 24.2 Å². The second kappa shape index (κ2) is 6.86. The molecule has 2 N–H and O–H groups in total. The maximum absolute atomic E-state index is 12.1. The highest BCUT2D eigenvalue weighted by atomic mass is 16.4. The first-order chi connectivity index (χ1) is 10.1. The Kier molecular flexibility index (Phi) is 4.90. The van der Waals surface area contributed by atoms with Crippen molar-refractivity contribution in [3.05, 3.63) is 35.4 Å². The Morgan fingerprint density at radius 2 is 2.29 bits per heavy atom. The number of ketones is 1. The van der Waals surface area contributed by atoms with Gasteiger partial charge in [-0.1, -0.05) is 12.1 Å². The summed E-state index contributed by atoms with van der Waals surface area (Å²) < 4.78 is 0. The first kappa shape index (κ1) is 15.0. The van der Waals surface area contributed by atoms with Crippen LogP contribution in [0.1, 0.15) is 28.8 Å². The number of benzene rings is 1. The summed E-state index contributed by atoms with van der Waals surface area (Å²) in [6.07, 6.45) is 0.728. The molecule has 0 aromatic heterocycles. The van der Waals surface area contributed by atoms with E-state index in [9.17, 15) is 9.59 Å². The van der Waals surface area contributed by atoms with Crippen molar-refractivity contribution in [1.29, 1.82) is 5.26 Å². The molecule has 110 valence electrons. The molecule has 1 fully saturated rings. The second-order valence-corrected chi connectivity index (χ2v) is 5.06. The van der Waals surface area contributed by atoms with Gasteiger partial charge in [-0.2, -0.15) is 5.26 Å². The fourth-order valence-electron chi connectivity index (χ4n) is 2.42. The number of nitriles is 1. The molecule has 1 unspecified atom stereocenters. The molecule has 21 heavy (non-hydrogen) atoms. The van der Waals surface area contributed by atoms with Crippen molar-refractivity contribution >= 4 is 11.9 Å². The Hall–Kier alpha value is -2.39. The summed E-state index contributed by atoms with van der Waals surface area (Å²) in [6.45, 7) is 1.10. The standard InChI is InChI=1S/C15H17N3O3/c16-8-11-3-1-4-12(7-11)14(19)9-17-13-5-2-6-18(10-13)15(20)21/h1,3-4,7,13,17H,2,5-6,9-10H2,(H,20,21). The van der Waals surface area contributed by atoms with Gasteiger partial charge in [0.1, 0.15) is 0 Å². The van der Waals surface area contributed by atoms with Gasteiger partial charge in [0.25, 0.3) is 0 Å². The number of rotatable bonds is 4. The van der Waals surface area contributed by atoms with Crippen LogP contribution >= 0.6 is 0 Å². The van der Waals surface area contributed by atoms with Gasteiger partial charge in [0.15, 0.2) is 5.78 Å². The van der Waals surface area contributed by atoms with Crippen LogP contribution in [0.5, 0.6) is 0 Å². The van der Waals surface area contributed by atoms with E-state index in [1.807, 2.05) is 6.07 Å². The van der Waals surface area contributed by atoms with E-state index < -0.39 is 6.09 Å². The average molecular weight is 287 g/mol. The Balaban J connectivity index is 1.89. The van der Waals surface area contributed by atoms with Crippen LogP contribution < -0.4 is 5.32 Å². The maximum Gasteiger partial charge on any atom is 0.407 e. The Morgan fingerprint density at radius 1 is 1.48 bits per heavy atom. The highest BCUT2D eigenvalue weighted by molar-refractivity contribution is 5.97. The van der Waals surface area contributed by atoms with E-state index in [1.165, 1.54) is 4.90 Å². The van der Waals surface area contributed by atoms with Crippen molar-refractivity contribution in [3.63, 3.8) is 0 Å². The molecule has 6 nitrogen and oxygen atoms in total. The van der Waals surface area contributed by atoms with Gasteiger partial charge >= 0.3 is 6.09 Å². The van der Waals surface area contributed by atoms with Gasteiger partial charge in [0.2, 0.25) is 0 Å². The van der Waals surface area contributed by atoms with Crippen LogP contribution in [0.4, 0.5) is 4.79 Å². The minimum Gasteiger partial charge on any atom is -0.465 e. The number of hydrogen-bond donors (Lipinski definition) is 2. The van der Waals surface area contributed by atoms with Crippen molar-refractivity contribution in [2.45, 2.75) is 18.9 Å². The molecule has 1 saturated heterocycles. The van der Waals surface area contributed by atoms with Crippen molar-refractivity contribution in [3.8, 4) is 6.07 Å². The largest absolute Gasteiger partial charge is 0.465 e. The molecular weight excluding hydrogens is 270 g/mol. The van der Waals surface area contributed by atoms with Crippen LogP contribution in [-0.2, 0) is 0 Å². The zero-order valence-electron chi connectivity index (χ0n) is 11.6. The van der Waals surface area contributed by atoms with Gasteiger partial charge in [0, 0.05) is 24.7 Å². The van der Waals surface area contributed by atoms with Crippen LogP contribution in [0.25, 0.3) is 0 Å². The number of nitrogens with one attached hydrogen (secondary N) is 1. The lowest BCUT2D eigenvalue weighted by Crippen LogP contribution is -2.48. The van der Waals surface area contributed by atoms with Crippen LogP contribution in [0.3, 0.4) is 0 Å². The monoisotopic (exact) mass is 287 g/mol. The van der Waals surface area contributed by atoms with E-state index in [0.717, 1.165) is 12.8 Å². The first-order valence-electron chi connectivity index (χ1n) is 6.85. The molecule has 1 aromatic rings. The molecule has 0 bridgehead atoms. The fourth-order valence-corrected chi connectivity index (χ4v) is 2.42. The number of amides is 1. The van der Waals surface area contributed by atoms with Gasteiger partial charge in [-0.15, -0.1) is 0 Å². The minimum atomic E-state index is -0.922. The molecule has 2 rings (SSSR count). The van der Waals surface area contributed by atoms with E-state index in [-0.39, 0.29) is 18.4 Å². The second-order valence-electron chi connectivity index (χ2n) is 5.06. The third kappa shape index (κ3) is 4.04. The van der Waals surface area contributed by atoms with Gasteiger partial charge in [-0.3, -0.25) is 4.79 Å². The number of hydrogen-bond acceptors (Lipinski definition) is 4. The molecule has 6 heteroatoms. The van der Waals surface area contributed by atoms with Crippen LogP contribution in [0.15, 0.2) is 24.3 Å². The summed E-state index contributed by atoms with van der Waals surface area (Å²) >= 11 is 0. The first-order valence-corrected chi connectivity index (χ1v) is 6.85. The van der Waals surface area contributed by atoms with E-state index in [1.54, 1.807) is 24.3 Å². The van der Waals surface area contributed by atoms with E-state index in [4.69, 9.17) is 10.4 Å². The molecule has 1 aliphatic rings. The third-order valence-electron chi connectivity index (χ3n) is 3.56. The third-order valence-corrected chi connectivity index (χ3v) is 3.56. The van der Waals surface area contributed by atoms with Gasteiger partial charge < -0.3 is 15.3 Å². The number of likely N-dealkylation sites (tertiary alicyclic amines) is 1. The lowest BCUT2D eigenvalue weighted by molar-refractivity contribution is 0.0975. The highest BCUT2D eigenvalue weighted by Gasteiger charge is 2.23. The molecule has 1 aromatic carbocycles. The summed E-state index contributed by atoms with van der Waals surface area (Å²) in [7, 11) is 0. The van der Waals surface area contributed by atoms with Crippen molar-refractivity contribution < 1.29 is 14.7 Å². The number of Topliss-reactive ketones (excluding diaryl/α,β-unsaturated/α-hetero) is 1. The molecule has 1 amide bonds. The predicted molar refractivity (Wildman–Crippen MR) is 76.1 cm³/mol. The summed E-state index contributed by atoms with van der Waals surface area (Å²) in [4.78, 5) is 24.4. The van der Waals surface area contributed by atoms with Gasteiger partial charge in [-0.05, 0) is 25.0 Å². The smallest absolute Gasteiger partial charge is 0.407 e. The topological polar surface area (TPSA) is 93.4 Å². The lowest BCUT2D eigenvalue weighted by Gasteiger charge is -2.31. The number of carbonyl (C=O) groups is 2. The predicted octanol–water partition coefficient (Wildman–Crippen LogP) is 1.47. The van der Waals surface area contributed by atoms with E-state index >= 15 is 0 Å². The molecule has 0 aliphatic carbocycles. The Bertz CT molecular complexity index is 580. The zero-order chi connectivity index (χ0) is 15.2. The van der Waals surface area contributed by atoms with Gasteiger partial charge in [-0.25, -0.2) is 4.79 Å². The van der Waals surface area contributed by atoms with Crippen LogP contribution in [0.2, 0.25) is 0 Å². The minimum absolute atomic E-state index is 0.00190. The fraction of sp³-hybridized carbons (Fsp3) is 0.400. The molecule has 1 atom stereocenters. The summed E-state index contributed by atoms with van der Waals surface area (Å²) in [5.74, 6) is -0.0976.